The first kappa shape index (κ1) is 68.5. The van der Waals surface area contributed by atoms with Crippen LogP contribution in [0.1, 0.15) is 251 Å². The molecule has 0 aromatic carbocycles. The third-order valence-corrected chi connectivity index (χ3v) is 13.5. The molecule has 0 saturated carbocycles. The monoisotopic (exact) mass is 1020 g/mol. The minimum atomic E-state index is -4.39. The molecule has 412 valence electrons. The fourth-order valence-corrected chi connectivity index (χ4v) is 8.72. The summed E-state index contributed by atoms with van der Waals surface area (Å²) in [6, 6.07) is 0. The molecular formula is C61H111NO8P+. The molecule has 0 heterocycles. The van der Waals surface area contributed by atoms with E-state index in [9.17, 15) is 19.0 Å². The van der Waals surface area contributed by atoms with E-state index in [1.54, 1.807) is 0 Å². The molecule has 0 amide bonds. The zero-order chi connectivity index (χ0) is 52.0. The molecule has 0 aliphatic carbocycles. The summed E-state index contributed by atoms with van der Waals surface area (Å²) in [5.41, 5.74) is 0. The number of hydrogen-bond acceptors (Lipinski definition) is 7. The summed E-state index contributed by atoms with van der Waals surface area (Å²) in [5.74, 6) is -0.802. The van der Waals surface area contributed by atoms with Gasteiger partial charge >= 0.3 is 19.8 Å². The van der Waals surface area contributed by atoms with Gasteiger partial charge in [-0.1, -0.05) is 228 Å². The standard InChI is InChI=1S/C61H110NO8P/c1-6-8-10-12-14-16-18-20-22-23-24-25-26-27-28-29-30-31-32-33-34-35-36-37-38-39-40-42-44-46-48-50-52-54-61(64)70-59(58-69-71(65,66)68-56-55-62(3,4)5)57-67-60(63)53-51-49-47-45-43-41-21-19-17-15-13-11-9-7-2/h8,10,14,16,19-22,24-25,27-28,59H,6-7,9,11-13,15,17-18,23,26,29-58H2,1-5H3/p+1/b10-8-,16-14-,21-19-,22-20-,25-24-,28-27-. The van der Waals surface area contributed by atoms with Gasteiger partial charge in [0, 0.05) is 12.8 Å². The Kier molecular flexibility index (Phi) is 50.4. The number of carbonyl (C=O) groups is 2. The molecule has 0 bridgehead atoms. The van der Waals surface area contributed by atoms with Gasteiger partial charge in [0.15, 0.2) is 6.10 Å². The largest absolute Gasteiger partial charge is 0.472 e. The van der Waals surface area contributed by atoms with Gasteiger partial charge in [-0.2, -0.15) is 0 Å². The number of esters is 2. The number of nitrogens with zero attached hydrogens (tertiary/aromatic N) is 1. The van der Waals surface area contributed by atoms with E-state index in [1.807, 2.05) is 21.1 Å². The summed E-state index contributed by atoms with van der Waals surface area (Å²) < 4.78 is 34.5. The first-order valence-corrected chi connectivity index (χ1v) is 30.7. The Labute approximate surface area is 438 Å². The number of quaternary nitrogens is 1. The van der Waals surface area contributed by atoms with Crippen molar-refractivity contribution in [3.05, 3.63) is 72.9 Å². The van der Waals surface area contributed by atoms with Crippen LogP contribution in [0.3, 0.4) is 0 Å². The van der Waals surface area contributed by atoms with Crippen LogP contribution in [0.15, 0.2) is 72.9 Å². The molecule has 0 spiro atoms. The molecule has 10 heteroatoms. The Hall–Kier alpha value is -2.55. The summed E-state index contributed by atoms with van der Waals surface area (Å²) >= 11 is 0. The maximum Gasteiger partial charge on any atom is 0.472 e. The Balaban J connectivity index is 4.05. The lowest BCUT2D eigenvalue weighted by Crippen LogP contribution is -2.37. The first-order valence-electron chi connectivity index (χ1n) is 29.2. The van der Waals surface area contributed by atoms with Gasteiger partial charge in [0.2, 0.25) is 0 Å². The molecule has 9 nitrogen and oxygen atoms in total. The third-order valence-electron chi connectivity index (χ3n) is 12.5. The van der Waals surface area contributed by atoms with E-state index in [0.29, 0.717) is 17.4 Å². The van der Waals surface area contributed by atoms with Crippen molar-refractivity contribution >= 4 is 19.8 Å². The third kappa shape index (κ3) is 56.6. The highest BCUT2D eigenvalue weighted by Crippen LogP contribution is 2.43. The van der Waals surface area contributed by atoms with Crippen molar-refractivity contribution in [3.8, 4) is 0 Å². The van der Waals surface area contributed by atoms with Crippen LogP contribution >= 0.6 is 7.82 Å². The highest BCUT2D eigenvalue weighted by atomic mass is 31.2. The highest BCUT2D eigenvalue weighted by molar-refractivity contribution is 7.47. The van der Waals surface area contributed by atoms with Gasteiger partial charge in [-0.05, 0) is 83.5 Å². The zero-order valence-corrected chi connectivity index (χ0v) is 47.6. The maximum atomic E-state index is 12.8. The van der Waals surface area contributed by atoms with E-state index in [0.717, 1.165) is 83.5 Å². The number of ether oxygens (including phenoxy) is 2. The van der Waals surface area contributed by atoms with E-state index < -0.39 is 26.5 Å². The average Bonchev–Trinajstić information content (AvgIpc) is 3.33. The van der Waals surface area contributed by atoms with Gasteiger partial charge in [-0.15, -0.1) is 0 Å². The zero-order valence-electron chi connectivity index (χ0n) is 46.7. The van der Waals surface area contributed by atoms with E-state index in [1.165, 1.54) is 135 Å². The smallest absolute Gasteiger partial charge is 0.462 e. The van der Waals surface area contributed by atoms with Crippen molar-refractivity contribution in [1.82, 2.24) is 0 Å². The summed E-state index contributed by atoms with van der Waals surface area (Å²) in [4.78, 5) is 35.6. The average molecular weight is 1020 g/mol. The van der Waals surface area contributed by atoms with Crippen molar-refractivity contribution in [2.45, 2.75) is 258 Å². The number of rotatable bonds is 53. The highest BCUT2D eigenvalue weighted by Gasteiger charge is 2.27. The number of hydrogen-bond donors (Lipinski definition) is 1. The topological polar surface area (TPSA) is 108 Å². The lowest BCUT2D eigenvalue weighted by molar-refractivity contribution is -0.870. The molecule has 0 radical (unpaired) electrons. The Morgan fingerprint density at radius 1 is 0.451 bits per heavy atom. The molecule has 2 atom stereocenters. The van der Waals surface area contributed by atoms with Gasteiger partial charge < -0.3 is 18.9 Å². The molecule has 1 N–H and O–H groups in total. The Morgan fingerprint density at radius 2 is 0.803 bits per heavy atom. The van der Waals surface area contributed by atoms with Crippen LogP contribution in [-0.2, 0) is 32.7 Å². The van der Waals surface area contributed by atoms with Crippen molar-refractivity contribution < 1.29 is 42.1 Å². The number of allylic oxidation sites excluding steroid dienone is 12. The fraction of sp³-hybridized carbons (Fsp3) is 0.770. The van der Waals surface area contributed by atoms with Crippen LogP contribution in [0, 0.1) is 0 Å². The molecule has 0 rings (SSSR count). The van der Waals surface area contributed by atoms with Crippen LogP contribution < -0.4 is 0 Å². The second-order valence-electron chi connectivity index (χ2n) is 20.6. The van der Waals surface area contributed by atoms with Gasteiger partial charge in [0.1, 0.15) is 19.8 Å². The maximum absolute atomic E-state index is 12.8. The first-order chi connectivity index (χ1) is 34.5. The summed E-state index contributed by atoms with van der Waals surface area (Å²) in [7, 11) is 1.47. The quantitative estimate of drug-likeness (QED) is 0.0211. The number of phosphoric acid groups is 1. The van der Waals surface area contributed by atoms with Crippen molar-refractivity contribution in [2.75, 3.05) is 47.5 Å². The number of phosphoric ester groups is 1. The van der Waals surface area contributed by atoms with Gasteiger partial charge in [0.05, 0.1) is 27.7 Å². The number of likely N-dealkylation sites (N-methyl/N-ethyl adjacent to an activating group) is 1. The fourth-order valence-electron chi connectivity index (χ4n) is 7.98. The molecular weight excluding hydrogens is 906 g/mol. The Bertz CT molecular complexity index is 1430. The van der Waals surface area contributed by atoms with E-state index in [2.05, 4.69) is 86.8 Å². The van der Waals surface area contributed by atoms with Crippen LogP contribution in [0.5, 0.6) is 0 Å². The van der Waals surface area contributed by atoms with E-state index in [4.69, 9.17) is 18.5 Å². The van der Waals surface area contributed by atoms with Crippen LogP contribution in [0.4, 0.5) is 0 Å². The molecule has 0 aliphatic heterocycles. The molecule has 0 aromatic heterocycles. The number of unbranched alkanes of at least 4 members (excludes halogenated alkanes) is 27. The van der Waals surface area contributed by atoms with E-state index >= 15 is 0 Å². The Morgan fingerprint density at radius 3 is 1.21 bits per heavy atom. The van der Waals surface area contributed by atoms with Crippen molar-refractivity contribution in [2.24, 2.45) is 0 Å². The molecule has 0 aliphatic rings. The lowest BCUT2D eigenvalue weighted by atomic mass is 10.0. The van der Waals surface area contributed by atoms with Crippen LogP contribution in [-0.4, -0.2) is 74.9 Å². The molecule has 0 fully saturated rings. The second-order valence-corrected chi connectivity index (χ2v) is 22.1. The van der Waals surface area contributed by atoms with Gasteiger partial charge in [0.25, 0.3) is 0 Å². The van der Waals surface area contributed by atoms with Crippen molar-refractivity contribution in [1.29, 1.82) is 0 Å². The number of carbonyl (C=O) groups excluding carboxylic acids is 2. The van der Waals surface area contributed by atoms with Crippen molar-refractivity contribution in [3.63, 3.8) is 0 Å². The van der Waals surface area contributed by atoms with E-state index in [-0.39, 0.29) is 32.0 Å². The van der Waals surface area contributed by atoms with Crippen LogP contribution in [0.25, 0.3) is 0 Å². The predicted octanol–water partition coefficient (Wildman–Crippen LogP) is 18.1. The summed E-state index contributed by atoms with van der Waals surface area (Å²) in [5, 5.41) is 0. The lowest BCUT2D eigenvalue weighted by Gasteiger charge is -2.24. The minimum Gasteiger partial charge on any atom is -0.462 e. The SMILES string of the molecule is CC/C=C\C/C=C\C/C=C\C/C=C\C/C=C\CCCCCCCCCCCCCCCCCCCC(=O)OC(COC(=O)CCCCCCC/C=C\CCCCCCC)COP(=O)(O)OCC[N+](C)(C)C. The minimum absolute atomic E-state index is 0.0297. The predicted molar refractivity (Wildman–Crippen MR) is 302 cm³/mol. The normalized spacial score (nSPS) is 13.8. The van der Waals surface area contributed by atoms with Crippen LogP contribution in [0.2, 0.25) is 0 Å². The molecule has 2 unspecified atom stereocenters. The molecule has 0 aromatic rings. The van der Waals surface area contributed by atoms with Gasteiger partial charge in [-0.25, -0.2) is 4.57 Å². The summed E-state index contributed by atoms with van der Waals surface area (Å²) in [6.07, 6.45) is 68.4. The summed E-state index contributed by atoms with van der Waals surface area (Å²) in [6.45, 7) is 4.31. The molecule has 0 saturated heterocycles. The second kappa shape index (κ2) is 52.3. The molecule has 71 heavy (non-hydrogen) atoms. The van der Waals surface area contributed by atoms with Gasteiger partial charge in [-0.3, -0.25) is 18.6 Å².